The van der Waals surface area contributed by atoms with Crippen molar-refractivity contribution >= 4 is 18.2 Å². The Labute approximate surface area is 111 Å². The molecule has 6 nitrogen and oxygen atoms in total. The van der Waals surface area contributed by atoms with E-state index in [0.717, 1.165) is 0 Å². The van der Waals surface area contributed by atoms with Gasteiger partial charge in [-0.25, -0.2) is 9.59 Å². The SMILES string of the molecule is CCOC(=O)c1c(C)c(C(=O)OCC)n(C)c1C=O. The van der Waals surface area contributed by atoms with Gasteiger partial charge in [0.25, 0.3) is 0 Å². The zero-order valence-electron chi connectivity index (χ0n) is 11.5. The molecule has 0 aliphatic heterocycles. The van der Waals surface area contributed by atoms with Crippen molar-refractivity contribution in [1.82, 2.24) is 4.57 Å². The highest BCUT2D eigenvalue weighted by Gasteiger charge is 2.28. The summed E-state index contributed by atoms with van der Waals surface area (Å²) in [6, 6.07) is 0. The van der Waals surface area contributed by atoms with Crippen molar-refractivity contribution in [2.75, 3.05) is 13.2 Å². The van der Waals surface area contributed by atoms with Crippen LogP contribution >= 0.6 is 0 Å². The molecule has 0 spiro atoms. The fourth-order valence-electron chi connectivity index (χ4n) is 1.94. The molecule has 1 aromatic heterocycles. The molecule has 0 saturated carbocycles. The van der Waals surface area contributed by atoms with Crippen LogP contribution in [0.3, 0.4) is 0 Å². The molecule has 0 N–H and O–H groups in total. The lowest BCUT2D eigenvalue weighted by atomic mass is 10.1. The lowest BCUT2D eigenvalue weighted by Gasteiger charge is -2.04. The van der Waals surface area contributed by atoms with Crippen LogP contribution in [0.1, 0.15) is 50.7 Å². The number of carbonyl (C=O) groups is 3. The van der Waals surface area contributed by atoms with Crippen LogP contribution in [0.2, 0.25) is 0 Å². The topological polar surface area (TPSA) is 74.6 Å². The van der Waals surface area contributed by atoms with Crippen LogP contribution in [0, 0.1) is 6.92 Å². The van der Waals surface area contributed by atoms with Crippen molar-refractivity contribution in [2.45, 2.75) is 20.8 Å². The molecular weight excluding hydrogens is 250 g/mol. The first kappa shape index (κ1) is 14.9. The molecule has 0 atom stereocenters. The Hall–Kier alpha value is -2.11. The first-order valence-electron chi connectivity index (χ1n) is 5.98. The molecule has 0 unspecified atom stereocenters. The predicted molar refractivity (Wildman–Crippen MR) is 67.5 cm³/mol. The van der Waals surface area contributed by atoms with Gasteiger partial charge >= 0.3 is 11.9 Å². The van der Waals surface area contributed by atoms with Gasteiger partial charge in [0.15, 0.2) is 6.29 Å². The summed E-state index contributed by atoms with van der Waals surface area (Å²) in [5.74, 6) is -1.19. The van der Waals surface area contributed by atoms with Crippen LogP contribution in [-0.2, 0) is 16.5 Å². The fraction of sp³-hybridized carbons (Fsp3) is 0.462. The van der Waals surface area contributed by atoms with Gasteiger partial charge in [-0.3, -0.25) is 4.79 Å². The van der Waals surface area contributed by atoms with Gasteiger partial charge in [-0.1, -0.05) is 0 Å². The van der Waals surface area contributed by atoms with Crippen LogP contribution in [0.25, 0.3) is 0 Å². The van der Waals surface area contributed by atoms with Gasteiger partial charge in [0.2, 0.25) is 0 Å². The number of aromatic nitrogens is 1. The van der Waals surface area contributed by atoms with Crippen LogP contribution in [-0.4, -0.2) is 36.0 Å². The van der Waals surface area contributed by atoms with Crippen molar-refractivity contribution in [2.24, 2.45) is 7.05 Å². The maximum atomic E-state index is 11.8. The van der Waals surface area contributed by atoms with Gasteiger partial charge in [0, 0.05) is 7.05 Å². The van der Waals surface area contributed by atoms with Gasteiger partial charge in [0.05, 0.1) is 24.5 Å². The third-order valence-corrected chi connectivity index (χ3v) is 2.74. The molecule has 1 rings (SSSR count). The average Bonchev–Trinajstić information content (AvgIpc) is 2.60. The minimum atomic E-state index is -0.617. The predicted octanol–water partition coefficient (Wildman–Crippen LogP) is 1.50. The molecule has 0 aliphatic carbocycles. The second-order valence-electron chi connectivity index (χ2n) is 3.85. The van der Waals surface area contributed by atoms with Crippen LogP contribution in [0.4, 0.5) is 0 Å². The van der Waals surface area contributed by atoms with E-state index < -0.39 is 11.9 Å². The van der Waals surface area contributed by atoms with Crippen LogP contribution in [0.15, 0.2) is 0 Å². The van der Waals surface area contributed by atoms with Crippen molar-refractivity contribution < 1.29 is 23.9 Å². The summed E-state index contributed by atoms with van der Waals surface area (Å²) in [7, 11) is 1.53. The molecule has 1 aromatic rings. The third-order valence-electron chi connectivity index (χ3n) is 2.74. The molecule has 0 aliphatic rings. The Kier molecular flexibility index (Phi) is 4.86. The van der Waals surface area contributed by atoms with Gasteiger partial charge < -0.3 is 14.0 Å². The van der Waals surface area contributed by atoms with E-state index in [1.807, 2.05) is 0 Å². The summed E-state index contributed by atoms with van der Waals surface area (Å²) < 4.78 is 11.2. The largest absolute Gasteiger partial charge is 0.462 e. The second-order valence-corrected chi connectivity index (χ2v) is 3.85. The van der Waals surface area contributed by atoms with Gasteiger partial charge in [-0.2, -0.15) is 0 Å². The third kappa shape index (κ3) is 2.67. The summed E-state index contributed by atoms with van der Waals surface area (Å²) in [5.41, 5.74) is 0.801. The quantitative estimate of drug-likeness (QED) is 0.597. The molecule has 0 radical (unpaired) electrons. The number of aldehydes is 1. The molecule has 19 heavy (non-hydrogen) atoms. The maximum absolute atomic E-state index is 11.8. The highest BCUT2D eigenvalue weighted by atomic mass is 16.5. The monoisotopic (exact) mass is 267 g/mol. The highest BCUT2D eigenvalue weighted by molar-refractivity contribution is 6.03. The van der Waals surface area contributed by atoms with E-state index in [-0.39, 0.29) is 30.2 Å². The fourth-order valence-corrected chi connectivity index (χ4v) is 1.94. The zero-order chi connectivity index (χ0) is 14.6. The smallest absolute Gasteiger partial charge is 0.355 e. The van der Waals surface area contributed by atoms with E-state index in [1.54, 1.807) is 20.8 Å². The highest BCUT2D eigenvalue weighted by Crippen LogP contribution is 2.22. The Bertz CT molecular complexity index is 516. The normalized spacial score (nSPS) is 10.1. The molecule has 1 heterocycles. The summed E-state index contributed by atoms with van der Waals surface area (Å²) in [4.78, 5) is 34.8. The number of esters is 2. The Morgan fingerprint density at radius 3 is 2.16 bits per heavy atom. The number of nitrogens with zero attached hydrogens (tertiary/aromatic N) is 1. The zero-order valence-corrected chi connectivity index (χ0v) is 11.5. The van der Waals surface area contributed by atoms with E-state index in [0.29, 0.717) is 11.8 Å². The van der Waals surface area contributed by atoms with E-state index in [1.165, 1.54) is 11.6 Å². The Morgan fingerprint density at radius 2 is 1.68 bits per heavy atom. The van der Waals surface area contributed by atoms with Gasteiger partial charge in [0.1, 0.15) is 5.69 Å². The molecule has 104 valence electrons. The molecular formula is C13H17NO5. The van der Waals surface area contributed by atoms with E-state index in [9.17, 15) is 14.4 Å². The Balaban J connectivity index is 3.40. The summed E-state index contributed by atoms with van der Waals surface area (Å²) in [6.45, 7) is 5.35. The molecule has 0 aromatic carbocycles. The number of hydrogen-bond donors (Lipinski definition) is 0. The lowest BCUT2D eigenvalue weighted by Crippen LogP contribution is -2.12. The van der Waals surface area contributed by atoms with Crippen molar-refractivity contribution in [3.05, 3.63) is 22.5 Å². The lowest BCUT2D eigenvalue weighted by molar-refractivity contribution is 0.0512. The summed E-state index contributed by atoms with van der Waals surface area (Å²) in [6.07, 6.45) is 0.530. The standard InChI is InChI=1S/C13H17NO5/c1-5-18-12(16)10-8(3)11(13(17)19-6-2)14(4)9(10)7-15/h7H,5-6H2,1-4H3. The van der Waals surface area contributed by atoms with Crippen molar-refractivity contribution in [1.29, 1.82) is 0 Å². The minimum Gasteiger partial charge on any atom is -0.462 e. The van der Waals surface area contributed by atoms with E-state index in [2.05, 4.69) is 0 Å². The second kappa shape index (κ2) is 6.17. The number of rotatable bonds is 5. The van der Waals surface area contributed by atoms with Crippen molar-refractivity contribution in [3.63, 3.8) is 0 Å². The van der Waals surface area contributed by atoms with E-state index in [4.69, 9.17) is 9.47 Å². The Morgan fingerprint density at radius 1 is 1.16 bits per heavy atom. The van der Waals surface area contributed by atoms with Gasteiger partial charge in [-0.15, -0.1) is 0 Å². The number of carbonyl (C=O) groups excluding carboxylic acids is 3. The number of ether oxygens (including phenoxy) is 2. The molecule has 6 heteroatoms. The maximum Gasteiger partial charge on any atom is 0.355 e. The molecule has 0 amide bonds. The average molecular weight is 267 g/mol. The molecule has 0 bridgehead atoms. The molecule has 0 saturated heterocycles. The van der Waals surface area contributed by atoms with Crippen LogP contribution in [0.5, 0.6) is 0 Å². The minimum absolute atomic E-state index is 0.110. The van der Waals surface area contributed by atoms with Crippen molar-refractivity contribution in [3.8, 4) is 0 Å². The number of hydrogen-bond acceptors (Lipinski definition) is 5. The summed E-state index contributed by atoms with van der Waals surface area (Å²) >= 11 is 0. The van der Waals surface area contributed by atoms with E-state index >= 15 is 0 Å². The van der Waals surface area contributed by atoms with Crippen LogP contribution < -0.4 is 0 Å². The summed E-state index contributed by atoms with van der Waals surface area (Å²) in [5, 5.41) is 0. The van der Waals surface area contributed by atoms with Gasteiger partial charge in [-0.05, 0) is 26.3 Å². The first-order valence-corrected chi connectivity index (χ1v) is 5.98. The molecule has 0 fully saturated rings. The first-order chi connectivity index (χ1) is 8.99.